The van der Waals surface area contributed by atoms with E-state index in [1.54, 1.807) is 0 Å². The van der Waals surface area contributed by atoms with Gasteiger partial charge < -0.3 is 15.2 Å². The maximum absolute atomic E-state index is 9.30. The molecule has 2 N–H and O–H groups in total. The fraction of sp³-hybridized carbons (Fsp3) is 0.455. The van der Waals surface area contributed by atoms with Gasteiger partial charge in [0.1, 0.15) is 6.04 Å². The number of hydrogen-bond donors (Lipinski definition) is 2. The molecule has 0 aromatic heterocycles. The van der Waals surface area contributed by atoms with Gasteiger partial charge in [-0.1, -0.05) is 36.4 Å². The third kappa shape index (κ3) is 3.85. The van der Waals surface area contributed by atoms with Crippen LogP contribution in [0.25, 0.3) is 0 Å². The molecule has 2 aliphatic rings. The molecule has 0 bridgehead atoms. The van der Waals surface area contributed by atoms with Crippen molar-refractivity contribution in [1.82, 2.24) is 0 Å². The van der Waals surface area contributed by atoms with Crippen molar-refractivity contribution in [2.75, 3.05) is 23.6 Å². The molecule has 2 heterocycles. The molecule has 2 aromatic carbocycles. The van der Waals surface area contributed by atoms with Gasteiger partial charge in [0.25, 0.3) is 0 Å². The number of alkyl halides is 1. The number of anilines is 2. The van der Waals surface area contributed by atoms with E-state index in [0.717, 1.165) is 24.2 Å². The molecular weight excluding hydrogens is 376 g/mol. The predicted molar refractivity (Wildman–Crippen MR) is 112 cm³/mol. The van der Waals surface area contributed by atoms with Crippen molar-refractivity contribution in [3.8, 4) is 0 Å². The molecule has 4 rings (SSSR count). The summed E-state index contributed by atoms with van der Waals surface area (Å²) in [4.78, 5) is 6.50. The van der Waals surface area contributed by atoms with Gasteiger partial charge in [-0.2, -0.15) is 0 Å². The molecule has 0 unspecified atom stereocenters. The molecule has 5 nitrogen and oxygen atoms in total. The number of aliphatic hydroxyl groups excluding tert-OH is 1. The van der Waals surface area contributed by atoms with Gasteiger partial charge in [-0.3, -0.25) is 0 Å². The predicted octanol–water partition coefficient (Wildman–Crippen LogP) is 4.17. The van der Waals surface area contributed by atoms with E-state index in [-0.39, 0.29) is 24.1 Å². The molecule has 4 atom stereocenters. The number of ether oxygens (including phenoxy) is 1. The van der Waals surface area contributed by atoms with E-state index in [0.29, 0.717) is 19.4 Å². The lowest BCUT2D eigenvalue weighted by Crippen LogP contribution is -2.51. The minimum absolute atomic E-state index is 0.126. The van der Waals surface area contributed by atoms with E-state index in [9.17, 15) is 5.11 Å². The zero-order valence-electron chi connectivity index (χ0n) is 15.8. The number of nitrogens with zero attached hydrogens (tertiary/aromatic N) is 1. The van der Waals surface area contributed by atoms with Gasteiger partial charge in [0, 0.05) is 18.7 Å². The molecule has 28 heavy (non-hydrogen) atoms. The molecule has 2 aromatic rings. The second-order valence-corrected chi connectivity index (χ2v) is 7.94. The van der Waals surface area contributed by atoms with Crippen LogP contribution >= 0.6 is 11.6 Å². The monoisotopic (exact) mass is 402 g/mol. The van der Waals surface area contributed by atoms with Crippen LogP contribution in [0.2, 0.25) is 0 Å². The normalized spacial score (nSPS) is 28.0. The molecule has 150 valence electrons. The first-order valence-corrected chi connectivity index (χ1v) is 10.4. The van der Waals surface area contributed by atoms with Crippen LogP contribution in [-0.4, -0.2) is 41.6 Å². The Morgan fingerprint density at radius 1 is 1.14 bits per heavy atom. The summed E-state index contributed by atoms with van der Waals surface area (Å²) in [6.07, 6.45) is 3.10. The molecule has 2 aliphatic heterocycles. The van der Waals surface area contributed by atoms with E-state index < -0.39 is 5.79 Å². The summed E-state index contributed by atoms with van der Waals surface area (Å²) in [5.74, 6) is -0.747. The summed E-state index contributed by atoms with van der Waals surface area (Å²) in [6, 6.07) is 19.8. The zero-order valence-corrected chi connectivity index (χ0v) is 16.6. The van der Waals surface area contributed by atoms with E-state index in [1.165, 1.54) is 0 Å². The Morgan fingerprint density at radius 2 is 1.86 bits per heavy atom. The highest BCUT2D eigenvalue weighted by atomic mass is 35.5. The van der Waals surface area contributed by atoms with E-state index in [2.05, 4.69) is 5.32 Å². The van der Waals surface area contributed by atoms with Crippen molar-refractivity contribution in [3.63, 3.8) is 0 Å². The van der Waals surface area contributed by atoms with Gasteiger partial charge in [0.2, 0.25) is 5.79 Å². The molecule has 0 radical (unpaired) electrons. The number of nitrogens with one attached hydrogen (secondary N) is 1. The SMILES string of the molecule is OCCC[C@H](Cl)[C@@H]1[C@H](Nc2ccccc2)[C@@]2(CCCO2)ON1c1ccccc1. The lowest BCUT2D eigenvalue weighted by atomic mass is 9.93. The molecule has 0 aliphatic carbocycles. The van der Waals surface area contributed by atoms with E-state index >= 15 is 0 Å². The number of halogens is 1. The van der Waals surface area contributed by atoms with Crippen LogP contribution in [0.4, 0.5) is 11.4 Å². The third-order valence-electron chi connectivity index (χ3n) is 5.47. The number of benzene rings is 2. The molecule has 0 amide bonds. The number of rotatable bonds is 7. The van der Waals surface area contributed by atoms with Gasteiger partial charge in [-0.25, -0.2) is 9.90 Å². The van der Waals surface area contributed by atoms with Crippen LogP contribution in [0.15, 0.2) is 60.7 Å². The molecule has 2 saturated heterocycles. The van der Waals surface area contributed by atoms with E-state index in [1.807, 2.05) is 65.7 Å². The van der Waals surface area contributed by atoms with Crippen molar-refractivity contribution in [2.45, 2.75) is 48.9 Å². The van der Waals surface area contributed by atoms with Crippen LogP contribution in [0.3, 0.4) is 0 Å². The summed E-state index contributed by atoms with van der Waals surface area (Å²) >= 11 is 6.90. The van der Waals surface area contributed by atoms with E-state index in [4.69, 9.17) is 21.2 Å². The summed E-state index contributed by atoms with van der Waals surface area (Å²) in [5, 5.41) is 14.7. The second-order valence-electron chi connectivity index (χ2n) is 7.38. The quantitative estimate of drug-likeness (QED) is 0.680. The standard InChI is InChI=1S/C22H27ClN2O3/c23-19(13-7-15-26)20-21(24-17-9-3-1-4-10-17)22(14-8-16-27-22)28-25(20)18-11-5-2-6-12-18/h1-6,9-12,19-21,24,26H,7-8,13-16H2/t19-,20+,21-,22+/m0/s1. The Balaban J connectivity index is 1.70. The van der Waals surface area contributed by atoms with Crippen molar-refractivity contribution >= 4 is 23.0 Å². The minimum atomic E-state index is -0.747. The molecule has 0 saturated carbocycles. The fourth-order valence-electron chi connectivity index (χ4n) is 4.15. The second kappa shape index (κ2) is 8.70. The van der Waals surface area contributed by atoms with Crippen molar-refractivity contribution in [2.24, 2.45) is 0 Å². The topological polar surface area (TPSA) is 54.0 Å². The lowest BCUT2D eigenvalue weighted by molar-refractivity contribution is -0.190. The summed E-state index contributed by atoms with van der Waals surface area (Å²) in [5.41, 5.74) is 1.96. The van der Waals surface area contributed by atoms with Gasteiger partial charge in [-0.15, -0.1) is 11.6 Å². The summed E-state index contributed by atoms with van der Waals surface area (Å²) < 4.78 is 6.19. The van der Waals surface area contributed by atoms with Crippen LogP contribution in [0.5, 0.6) is 0 Å². The molecular formula is C22H27ClN2O3. The van der Waals surface area contributed by atoms with Crippen LogP contribution < -0.4 is 10.4 Å². The van der Waals surface area contributed by atoms with Gasteiger partial charge in [0.05, 0.1) is 23.7 Å². The summed E-state index contributed by atoms with van der Waals surface area (Å²) in [7, 11) is 0. The minimum Gasteiger partial charge on any atom is -0.396 e. The summed E-state index contributed by atoms with van der Waals surface area (Å²) in [6.45, 7) is 0.798. The molecule has 1 spiro atoms. The maximum atomic E-state index is 9.30. The maximum Gasteiger partial charge on any atom is 0.216 e. The Bertz CT molecular complexity index is 740. The first-order chi connectivity index (χ1) is 13.7. The lowest BCUT2D eigenvalue weighted by Gasteiger charge is -2.32. The largest absolute Gasteiger partial charge is 0.396 e. The zero-order chi connectivity index (χ0) is 19.4. The van der Waals surface area contributed by atoms with Gasteiger partial charge >= 0.3 is 0 Å². The Morgan fingerprint density at radius 3 is 2.50 bits per heavy atom. The number of hydrogen-bond acceptors (Lipinski definition) is 5. The average Bonchev–Trinajstić information content (AvgIpc) is 3.33. The van der Waals surface area contributed by atoms with Crippen molar-refractivity contribution < 1.29 is 14.7 Å². The van der Waals surface area contributed by atoms with Crippen LogP contribution in [0, 0.1) is 0 Å². The number of aliphatic hydroxyl groups is 1. The average molecular weight is 403 g/mol. The van der Waals surface area contributed by atoms with Gasteiger partial charge in [0.15, 0.2) is 0 Å². The Kier molecular flexibility index (Phi) is 6.07. The van der Waals surface area contributed by atoms with Crippen molar-refractivity contribution in [1.29, 1.82) is 0 Å². The molecule has 2 fully saturated rings. The fourth-order valence-corrected chi connectivity index (χ4v) is 4.56. The van der Waals surface area contributed by atoms with Gasteiger partial charge in [-0.05, 0) is 43.5 Å². The third-order valence-corrected chi connectivity index (χ3v) is 5.95. The van der Waals surface area contributed by atoms with Crippen LogP contribution in [0.1, 0.15) is 25.7 Å². The highest BCUT2D eigenvalue weighted by molar-refractivity contribution is 6.21. The van der Waals surface area contributed by atoms with Crippen molar-refractivity contribution in [3.05, 3.63) is 60.7 Å². The number of hydroxylamine groups is 1. The highest BCUT2D eigenvalue weighted by Crippen LogP contribution is 2.45. The highest BCUT2D eigenvalue weighted by Gasteiger charge is 2.59. The Labute approximate surface area is 171 Å². The number of para-hydroxylation sites is 2. The smallest absolute Gasteiger partial charge is 0.216 e. The Hall–Kier alpha value is -1.79. The first-order valence-electron chi connectivity index (χ1n) is 9.97. The first kappa shape index (κ1) is 19.5. The van der Waals surface area contributed by atoms with Crippen LogP contribution in [-0.2, 0) is 9.57 Å². The molecule has 6 heteroatoms.